The molecule has 0 atom stereocenters. The molecule has 0 radical (unpaired) electrons. The first kappa shape index (κ1) is 8.34. The van der Waals surface area contributed by atoms with E-state index in [0.29, 0.717) is 24.3 Å². The molecule has 0 fully saturated rings. The fourth-order valence-corrected chi connectivity index (χ4v) is 1.32. The Hall–Kier alpha value is -1.26. The normalized spacial score (nSPS) is 15.3. The first-order valence-electron chi connectivity index (χ1n) is 3.87. The third kappa shape index (κ3) is 1.46. The summed E-state index contributed by atoms with van der Waals surface area (Å²) in [5.41, 5.74) is 0.531. The molecule has 1 aromatic heterocycles. The number of aromatic nitrogens is 1. The highest BCUT2D eigenvalue weighted by Crippen LogP contribution is 2.32. The van der Waals surface area contributed by atoms with E-state index in [0.717, 1.165) is 12.3 Å². The molecule has 1 aliphatic heterocycles. The fourth-order valence-electron chi connectivity index (χ4n) is 1.32. The van der Waals surface area contributed by atoms with Crippen LogP contribution in [0.4, 0.5) is 18.9 Å². The van der Waals surface area contributed by atoms with Gasteiger partial charge in [-0.2, -0.15) is 13.2 Å². The van der Waals surface area contributed by atoms with Gasteiger partial charge in [-0.1, -0.05) is 0 Å². The number of pyridine rings is 1. The smallest absolute Gasteiger partial charge is 0.383 e. The molecule has 0 aromatic carbocycles. The molecule has 70 valence electrons. The van der Waals surface area contributed by atoms with Gasteiger partial charge in [0.1, 0.15) is 0 Å². The number of fused-ring (bicyclic) bond motifs is 1. The van der Waals surface area contributed by atoms with Gasteiger partial charge in [-0.05, 0) is 6.07 Å². The van der Waals surface area contributed by atoms with E-state index in [1.807, 2.05) is 0 Å². The minimum atomic E-state index is -4.30. The molecule has 0 saturated carbocycles. The Bertz CT molecular complexity index is 333. The van der Waals surface area contributed by atoms with Crippen molar-refractivity contribution in [3.05, 3.63) is 23.5 Å². The first-order valence-corrected chi connectivity index (χ1v) is 3.87. The van der Waals surface area contributed by atoms with Gasteiger partial charge >= 0.3 is 6.18 Å². The lowest BCUT2D eigenvalue weighted by molar-refractivity contribution is -0.137. The molecule has 0 unspecified atom stereocenters. The molecule has 1 N–H and O–H groups in total. The maximum absolute atomic E-state index is 12.2. The van der Waals surface area contributed by atoms with Crippen LogP contribution in [0.2, 0.25) is 0 Å². The minimum Gasteiger partial charge on any atom is -0.383 e. The van der Waals surface area contributed by atoms with E-state index in [2.05, 4.69) is 10.3 Å². The third-order valence-electron chi connectivity index (χ3n) is 1.97. The van der Waals surface area contributed by atoms with Crippen LogP contribution in [0.1, 0.15) is 11.3 Å². The molecule has 1 aromatic rings. The van der Waals surface area contributed by atoms with Gasteiger partial charge in [0.25, 0.3) is 0 Å². The van der Waals surface area contributed by atoms with Crippen molar-refractivity contribution in [1.29, 1.82) is 0 Å². The van der Waals surface area contributed by atoms with Crippen LogP contribution in [-0.4, -0.2) is 11.5 Å². The van der Waals surface area contributed by atoms with Gasteiger partial charge in [0.15, 0.2) is 0 Å². The number of anilines is 1. The summed E-state index contributed by atoms with van der Waals surface area (Å²) in [6.07, 6.45) is -2.72. The van der Waals surface area contributed by atoms with Crippen LogP contribution in [-0.2, 0) is 12.6 Å². The molecule has 0 amide bonds. The van der Waals surface area contributed by atoms with E-state index in [-0.39, 0.29) is 0 Å². The molecule has 0 bridgehead atoms. The lowest BCUT2D eigenvalue weighted by atomic mass is 10.2. The molecular weight excluding hydrogens is 181 g/mol. The van der Waals surface area contributed by atoms with E-state index in [1.165, 1.54) is 0 Å². The molecule has 0 aliphatic carbocycles. The summed E-state index contributed by atoms with van der Waals surface area (Å²) >= 11 is 0. The highest BCUT2D eigenvalue weighted by atomic mass is 19.4. The number of nitrogens with zero attached hydrogens (tertiary/aromatic N) is 1. The number of hydrogen-bond donors (Lipinski definition) is 1. The Kier molecular flexibility index (Phi) is 1.68. The summed E-state index contributed by atoms with van der Waals surface area (Å²) in [6.45, 7) is 0.670. The quantitative estimate of drug-likeness (QED) is 0.674. The van der Waals surface area contributed by atoms with Crippen molar-refractivity contribution < 1.29 is 13.2 Å². The van der Waals surface area contributed by atoms with Crippen LogP contribution in [0.3, 0.4) is 0 Å². The topological polar surface area (TPSA) is 24.9 Å². The zero-order valence-electron chi connectivity index (χ0n) is 6.65. The maximum atomic E-state index is 12.2. The molecule has 2 nitrogen and oxygen atoms in total. The zero-order valence-corrected chi connectivity index (χ0v) is 6.65. The first-order chi connectivity index (χ1) is 6.07. The summed E-state index contributed by atoms with van der Waals surface area (Å²) in [6, 6.07) is 1.11. The Labute approximate surface area is 72.8 Å². The van der Waals surface area contributed by atoms with Gasteiger partial charge in [-0.15, -0.1) is 0 Å². The van der Waals surface area contributed by atoms with E-state index in [1.54, 1.807) is 0 Å². The Morgan fingerprint density at radius 1 is 1.38 bits per heavy atom. The number of hydrogen-bond acceptors (Lipinski definition) is 2. The summed E-state index contributed by atoms with van der Waals surface area (Å²) in [5.74, 6) is 0. The van der Waals surface area contributed by atoms with Gasteiger partial charge in [0, 0.05) is 19.2 Å². The second kappa shape index (κ2) is 2.61. The minimum absolute atomic E-state index is 0.509. The van der Waals surface area contributed by atoms with Crippen molar-refractivity contribution in [2.45, 2.75) is 12.6 Å². The summed E-state index contributed by atoms with van der Waals surface area (Å²) in [4.78, 5) is 3.74. The van der Waals surface area contributed by atoms with Crippen LogP contribution in [0.25, 0.3) is 0 Å². The predicted octanol–water partition coefficient (Wildman–Crippen LogP) is 2.07. The molecule has 5 heteroatoms. The molecular formula is C8H7F3N2. The van der Waals surface area contributed by atoms with Gasteiger partial charge in [-0.3, -0.25) is 4.98 Å². The lowest BCUT2D eigenvalue weighted by Crippen LogP contribution is -2.06. The third-order valence-corrected chi connectivity index (χ3v) is 1.97. The fraction of sp³-hybridized carbons (Fsp3) is 0.375. The van der Waals surface area contributed by atoms with Crippen LogP contribution < -0.4 is 5.32 Å². The number of rotatable bonds is 0. The average Bonchev–Trinajstić information content (AvgIpc) is 2.47. The number of halogens is 3. The highest BCUT2D eigenvalue weighted by Gasteiger charge is 2.32. The monoisotopic (exact) mass is 188 g/mol. The number of nitrogens with one attached hydrogen (secondary N) is 1. The summed E-state index contributed by atoms with van der Waals surface area (Å²) < 4.78 is 36.6. The number of alkyl halides is 3. The van der Waals surface area contributed by atoms with Crippen molar-refractivity contribution in [3.63, 3.8) is 0 Å². The summed E-state index contributed by atoms with van der Waals surface area (Å²) in [7, 11) is 0. The van der Waals surface area contributed by atoms with Crippen molar-refractivity contribution in [2.75, 3.05) is 11.9 Å². The van der Waals surface area contributed by atoms with Crippen molar-refractivity contribution >= 4 is 5.69 Å². The van der Waals surface area contributed by atoms with E-state index < -0.39 is 11.7 Å². The SMILES string of the molecule is FC(F)(F)c1cnc2c(c1)NCC2. The maximum Gasteiger partial charge on any atom is 0.417 e. The zero-order chi connectivity index (χ0) is 9.47. The second-order valence-corrected chi connectivity index (χ2v) is 2.89. The van der Waals surface area contributed by atoms with E-state index >= 15 is 0 Å². The Balaban J connectivity index is 2.42. The van der Waals surface area contributed by atoms with Gasteiger partial charge < -0.3 is 5.32 Å². The van der Waals surface area contributed by atoms with Crippen LogP contribution in [0.5, 0.6) is 0 Å². The molecule has 13 heavy (non-hydrogen) atoms. The van der Waals surface area contributed by atoms with Gasteiger partial charge in [0.2, 0.25) is 0 Å². The van der Waals surface area contributed by atoms with Crippen LogP contribution in [0, 0.1) is 0 Å². The Morgan fingerprint density at radius 3 is 2.85 bits per heavy atom. The molecule has 2 heterocycles. The molecule has 0 spiro atoms. The van der Waals surface area contributed by atoms with Gasteiger partial charge in [-0.25, -0.2) is 0 Å². The largest absolute Gasteiger partial charge is 0.417 e. The van der Waals surface area contributed by atoms with Crippen molar-refractivity contribution in [2.24, 2.45) is 0 Å². The molecule has 0 saturated heterocycles. The lowest BCUT2D eigenvalue weighted by Gasteiger charge is -2.07. The van der Waals surface area contributed by atoms with Crippen molar-refractivity contribution in [3.8, 4) is 0 Å². The van der Waals surface area contributed by atoms with Crippen LogP contribution >= 0.6 is 0 Å². The highest BCUT2D eigenvalue weighted by molar-refractivity contribution is 5.53. The molecule has 2 rings (SSSR count). The van der Waals surface area contributed by atoms with Gasteiger partial charge in [0.05, 0.1) is 16.9 Å². The second-order valence-electron chi connectivity index (χ2n) is 2.89. The van der Waals surface area contributed by atoms with E-state index in [4.69, 9.17) is 0 Å². The van der Waals surface area contributed by atoms with Crippen LogP contribution in [0.15, 0.2) is 12.3 Å². The molecule has 1 aliphatic rings. The predicted molar refractivity (Wildman–Crippen MR) is 41.4 cm³/mol. The Morgan fingerprint density at radius 2 is 2.15 bits per heavy atom. The standard InChI is InChI=1S/C8H7F3N2/c9-8(10,11)5-3-7-6(13-4-5)1-2-12-7/h3-4,12H,1-2H2. The summed E-state index contributed by atoms with van der Waals surface area (Å²) in [5, 5.41) is 2.85. The van der Waals surface area contributed by atoms with E-state index in [9.17, 15) is 13.2 Å². The average molecular weight is 188 g/mol. The van der Waals surface area contributed by atoms with Crippen molar-refractivity contribution in [1.82, 2.24) is 4.98 Å².